The molecule has 180 valence electrons. The Bertz CT molecular complexity index is 1030. The van der Waals surface area contributed by atoms with Crippen LogP contribution < -0.4 is 14.2 Å². The Morgan fingerprint density at radius 3 is 2.06 bits per heavy atom. The normalized spacial score (nSPS) is 13.9. The monoisotopic (exact) mass is 468 g/mol. The Kier molecular flexibility index (Phi) is 8.64. The van der Waals surface area contributed by atoms with Crippen LogP contribution in [0, 0.1) is 0 Å². The molecule has 0 saturated carbocycles. The second-order valence-electron chi connectivity index (χ2n) is 7.33. The van der Waals surface area contributed by atoms with Crippen molar-refractivity contribution in [1.29, 1.82) is 0 Å². The molecule has 0 spiro atoms. The molecule has 0 radical (unpaired) electrons. The Morgan fingerprint density at radius 1 is 0.765 bits per heavy atom. The molecule has 0 N–H and O–H groups in total. The Labute approximate surface area is 198 Å². The van der Waals surface area contributed by atoms with E-state index in [1.54, 1.807) is 18.2 Å². The molecule has 34 heavy (non-hydrogen) atoms. The van der Waals surface area contributed by atoms with E-state index < -0.39 is 17.8 Å². The minimum absolute atomic E-state index is 0.105. The molecule has 0 bridgehead atoms. The van der Waals surface area contributed by atoms with Crippen LogP contribution in [0.4, 0.5) is 4.79 Å². The molecular formula is C25H28N2O7. The second kappa shape index (κ2) is 11.9. The number of benzene rings is 2. The Morgan fingerprint density at radius 2 is 1.41 bits per heavy atom. The molecule has 0 unspecified atom stereocenters. The zero-order valence-corrected chi connectivity index (χ0v) is 19.5. The molecule has 2 aromatic rings. The molecule has 9 nitrogen and oxygen atoms in total. The number of carbonyl (C=O) groups is 3. The van der Waals surface area contributed by atoms with Crippen LogP contribution >= 0.6 is 0 Å². The van der Waals surface area contributed by atoms with Gasteiger partial charge in [-0.3, -0.25) is 19.4 Å². The molecular weight excluding hydrogens is 440 g/mol. The molecule has 1 saturated heterocycles. The molecule has 4 amide bonds. The highest BCUT2D eigenvalue weighted by Gasteiger charge is 2.37. The van der Waals surface area contributed by atoms with Crippen LogP contribution in [0.15, 0.2) is 54.1 Å². The second-order valence-corrected chi connectivity index (χ2v) is 7.33. The van der Waals surface area contributed by atoms with Crippen molar-refractivity contribution in [2.45, 2.75) is 6.92 Å². The summed E-state index contributed by atoms with van der Waals surface area (Å²) in [5.74, 6) is 0.469. The smallest absolute Gasteiger partial charge is 0.333 e. The van der Waals surface area contributed by atoms with Crippen LogP contribution in [0.1, 0.15) is 12.5 Å². The van der Waals surface area contributed by atoms with Gasteiger partial charge in [0.25, 0.3) is 11.8 Å². The van der Waals surface area contributed by atoms with E-state index in [2.05, 4.69) is 0 Å². The number of para-hydroxylation sites is 1. The average molecular weight is 469 g/mol. The number of hydrogen-bond donors (Lipinski definition) is 0. The average Bonchev–Trinajstić information content (AvgIpc) is 2.85. The lowest BCUT2D eigenvalue weighted by atomic mass is 10.1. The van der Waals surface area contributed by atoms with Crippen molar-refractivity contribution in [3.05, 3.63) is 59.7 Å². The maximum absolute atomic E-state index is 12.4. The van der Waals surface area contributed by atoms with E-state index in [4.69, 9.17) is 18.9 Å². The quantitative estimate of drug-likeness (QED) is 0.284. The van der Waals surface area contributed by atoms with Gasteiger partial charge in [-0.25, -0.2) is 4.79 Å². The summed E-state index contributed by atoms with van der Waals surface area (Å²) >= 11 is 0. The van der Waals surface area contributed by atoms with Gasteiger partial charge in [-0.2, -0.15) is 0 Å². The summed E-state index contributed by atoms with van der Waals surface area (Å²) in [5, 5.41) is 0. The molecule has 1 aliphatic heterocycles. The van der Waals surface area contributed by atoms with Crippen LogP contribution in [0.2, 0.25) is 0 Å². The van der Waals surface area contributed by atoms with Gasteiger partial charge in [-0.15, -0.1) is 0 Å². The van der Waals surface area contributed by atoms with Gasteiger partial charge in [0, 0.05) is 14.1 Å². The summed E-state index contributed by atoms with van der Waals surface area (Å²) in [4.78, 5) is 38.5. The highest BCUT2D eigenvalue weighted by atomic mass is 16.6. The summed E-state index contributed by atoms with van der Waals surface area (Å²) < 4.78 is 22.6. The largest absolute Gasteiger partial charge is 0.491 e. The van der Waals surface area contributed by atoms with E-state index in [0.717, 1.165) is 15.5 Å². The number of imide groups is 2. The van der Waals surface area contributed by atoms with Crippen molar-refractivity contribution in [3.8, 4) is 17.2 Å². The van der Waals surface area contributed by atoms with Crippen molar-refractivity contribution in [3.63, 3.8) is 0 Å². The zero-order chi connectivity index (χ0) is 24.5. The Balaban J connectivity index is 1.56. The molecule has 0 aromatic heterocycles. The van der Waals surface area contributed by atoms with Crippen LogP contribution in [-0.2, 0) is 14.3 Å². The van der Waals surface area contributed by atoms with Gasteiger partial charge in [-0.05, 0) is 42.8 Å². The predicted molar refractivity (Wildman–Crippen MR) is 125 cm³/mol. The van der Waals surface area contributed by atoms with Crippen LogP contribution in [0.25, 0.3) is 6.08 Å². The first-order valence-corrected chi connectivity index (χ1v) is 10.9. The maximum Gasteiger partial charge on any atom is 0.333 e. The number of barbiturate groups is 1. The fourth-order valence-electron chi connectivity index (χ4n) is 3.19. The third-order valence-corrected chi connectivity index (χ3v) is 4.95. The van der Waals surface area contributed by atoms with Crippen LogP contribution in [0.5, 0.6) is 17.2 Å². The number of hydrogen-bond acceptors (Lipinski definition) is 7. The van der Waals surface area contributed by atoms with Crippen molar-refractivity contribution in [1.82, 2.24) is 9.80 Å². The van der Waals surface area contributed by atoms with E-state index in [1.165, 1.54) is 20.2 Å². The van der Waals surface area contributed by atoms with Gasteiger partial charge < -0.3 is 18.9 Å². The third kappa shape index (κ3) is 6.14. The number of urea groups is 1. The molecule has 0 aliphatic carbocycles. The van der Waals surface area contributed by atoms with E-state index >= 15 is 0 Å². The van der Waals surface area contributed by atoms with E-state index in [1.807, 2.05) is 37.3 Å². The fourth-order valence-corrected chi connectivity index (χ4v) is 3.19. The minimum Gasteiger partial charge on any atom is -0.491 e. The molecule has 3 rings (SSSR count). The van der Waals surface area contributed by atoms with Crippen molar-refractivity contribution >= 4 is 23.9 Å². The summed E-state index contributed by atoms with van der Waals surface area (Å²) in [5.41, 5.74) is 0.463. The summed E-state index contributed by atoms with van der Waals surface area (Å²) in [6.45, 7) is 3.78. The molecule has 0 atom stereocenters. The maximum atomic E-state index is 12.4. The highest BCUT2D eigenvalue weighted by Crippen LogP contribution is 2.30. The summed E-state index contributed by atoms with van der Waals surface area (Å²) in [6, 6.07) is 13.9. The van der Waals surface area contributed by atoms with Crippen LogP contribution in [-0.4, -0.2) is 74.8 Å². The van der Waals surface area contributed by atoms with Gasteiger partial charge >= 0.3 is 6.03 Å². The summed E-state index contributed by atoms with van der Waals surface area (Å²) in [7, 11) is 2.67. The highest BCUT2D eigenvalue weighted by molar-refractivity contribution is 6.30. The number of rotatable bonds is 11. The minimum atomic E-state index is -0.667. The lowest BCUT2D eigenvalue weighted by Gasteiger charge is -2.28. The van der Waals surface area contributed by atoms with Gasteiger partial charge in [0.1, 0.15) is 24.5 Å². The predicted octanol–water partition coefficient (Wildman–Crippen LogP) is 2.99. The van der Waals surface area contributed by atoms with E-state index in [0.29, 0.717) is 50.1 Å². The SMILES string of the molecule is CCOc1cc(C=C2C(=O)N(C)C(=O)N(C)C2=O)ccc1OCCOCCOc1ccccc1. The van der Waals surface area contributed by atoms with Gasteiger partial charge in [-0.1, -0.05) is 24.3 Å². The molecule has 1 fully saturated rings. The number of nitrogens with zero attached hydrogens (tertiary/aromatic N) is 2. The lowest BCUT2D eigenvalue weighted by Crippen LogP contribution is -2.52. The van der Waals surface area contributed by atoms with Gasteiger partial charge in [0.2, 0.25) is 0 Å². The zero-order valence-electron chi connectivity index (χ0n) is 19.5. The first-order valence-electron chi connectivity index (χ1n) is 10.9. The lowest BCUT2D eigenvalue weighted by molar-refractivity contribution is -0.134. The fraction of sp³-hybridized carbons (Fsp3) is 0.320. The van der Waals surface area contributed by atoms with Gasteiger partial charge in [0.05, 0.1) is 19.8 Å². The van der Waals surface area contributed by atoms with Gasteiger partial charge in [0.15, 0.2) is 11.5 Å². The van der Waals surface area contributed by atoms with Crippen molar-refractivity contribution < 1.29 is 33.3 Å². The number of ether oxygens (including phenoxy) is 4. The van der Waals surface area contributed by atoms with E-state index in [-0.39, 0.29) is 5.57 Å². The third-order valence-electron chi connectivity index (χ3n) is 4.95. The number of likely N-dealkylation sites (N-methyl/N-ethyl adjacent to an activating group) is 2. The number of amides is 4. The van der Waals surface area contributed by atoms with Crippen LogP contribution in [0.3, 0.4) is 0 Å². The van der Waals surface area contributed by atoms with E-state index in [9.17, 15) is 14.4 Å². The standard InChI is InChI=1S/C25H28N2O7/c1-4-32-22-17-18(16-20-23(28)26(2)25(30)27(3)24(20)29)10-11-21(22)34-15-13-31-12-14-33-19-8-6-5-7-9-19/h5-11,16-17H,4,12-15H2,1-3H3. The summed E-state index contributed by atoms with van der Waals surface area (Å²) in [6.07, 6.45) is 1.44. The first kappa shape index (κ1) is 24.8. The molecule has 1 heterocycles. The molecule has 2 aromatic carbocycles. The molecule has 1 aliphatic rings. The topological polar surface area (TPSA) is 94.6 Å². The van der Waals surface area contributed by atoms with Crippen molar-refractivity contribution in [2.24, 2.45) is 0 Å². The molecule has 9 heteroatoms. The first-order chi connectivity index (χ1) is 16.4. The van der Waals surface area contributed by atoms with Crippen molar-refractivity contribution in [2.75, 3.05) is 47.1 Å². The Hall–Kier alpha value is -3.85. The number of carbonyl (C=O) groups excluding carboxylic acids is 3.